The lowest BCUT2D eigenvalue weighted by Crippen LogP contribution is -2.19. The van der Waals surface area contributed by atoms with Gasteiger partial charge < -0.3 is 4.90 Å². The van der Waals surface area contributed by atoms with Crippen molar-refractivity contribution in [3.63, 3.8) is 0 Å². The van der Waals surface area contributed by atoms with Crippen LogP contribution in [0.4, 0.5) is 0 Å². The molecule has 2 nitrogen and oxygen atoms in total. The van der Waals surface area contributed by atoms with Crippen LogP contribution in [-0.4, -0.2) is 31.3 Å². The number of terminal acetylenes is 1. The number of carbonyl (C=O) groups excluding carboxylic acids is 1. The quantitative estimate of drug-likeness (QED) is 0.362. The van der Waals surface area contributed by atoms with Crippen molar-refractivity contribution in [3.05, 3.63) is 0 Å². The lowest BCUT2D eigenvalue weighted by Gasteiger charge is -2.02. The maximum atomic E-state index is 10.3. The Labute approximate surface area is 49.5 Å². The van der Waals surface area contributed by atoms with Gasteiger partial charge in [0.05, 0.1) is 6.54 Å². The van der Waals surface area contributed by atoms with Crippen molar-refractivity contribution in [2.24, 2.45) is 0 Å². The van der Waals surface area contributed by atoms with E-state index in [1.807, 2.05) is 5.92 Å². The molecule has 8 heavy (non-hydrogen) atoms. The van der Waals surface area contributed by atoms with Crippen molar-refractivity contribution in [1.82, 2.24) is 4.90 Å². The lowest BCUT2D eigenvalue weighted by molar-refractivity contribution is -0.114. The summed E-state index contributed by atoms with van der Waals surface area (Å²) in [7, 11) is 3.60. The zero-order valence-electron chi connectivity index (χ0n) is 5.14. The molecule has 2 heteroatoms. The summed E-state index contributed by atoms with van der Waals surface area (Å²) in [4.78, 5) is 12.1. The molecule has 0 saturated carbocycles. The van der Waals surface area contributed by atoms with E-state index in [1.54, 1.807) is 19.0 Å². The van der Waals surface area contributed by atoms with Crippen molar-refractivity contribution in [2.45, 2.75) is 0 Å². The smallest absolute Gasteiger partial charge is 0.219 e. The first kappa shape index (κ1) is 7.19. The molecule has 0 heterocycles. The average molecular weight is 111 g/mol. The van der Waals surface area contributed by atoms with Crippen LogP contribution in [0.25, 0.3) is 0 Å². The topological polar surface area (TPSA) is 20.3 Å². The van der Waals surface area contributed by atoms with E-state index in [0.29, 0.717) is 6.54 Å². The second kappa shape index (κ2) is 3.23. The third-order valence-corrected chi connectivity index (χ3v) is 0.621. The fourth-order valence-corrected chi connectivity index (χ4v) is 0.333. The number of nitrogens with zero attached hydrogens (tertiary/aromatic N) is 1. The summed E-state index contributed by atoms with van der Waals surface area (Å²) in [6.45, 7) is 0.344. The Balaban J connectivity index is 3.44. The van der Waals surface area contributed by atoms with Crippen LogP contribution >= 0.6 is 0 Å². The summed E-state index contributed by atoms with van der Waals surface area (Å²) in [5.74, 6) is 1.84. The number of ketones is 1. The van der Waals surface area contributed by atoms with Gasteiger partial charge >= 0.3 is 0 Å². The molecule has 0 aliphatic heterocycles. The summed E-state index contributed by atoms with van der Waals surface area (Å²) in [5.41, 5.74) is 0. The van der Waals surface area contributed by atoms with Crippen LogP contribution in [0.2, 0.25) is 0 Å². The van der Waals surface area contributed by atoms with E-state index in [1.165, 1.54) is 0 Å². The van der Waals surface area contributed by atoms with Crippen molar-refractivity contribution in [1.29, 1.82) is 0 Å². The van der Waals surface area contributed by atoms with Crippen LogP contribution in [0.3, 0.4) is 0 Å². The summed E-state index contributed by atoms with van der Waals surface area (Å²) in [5, 5.41) is 0. The van der Waals surface area contributed by atoms with Gasteiger partial charge in [0.15, 0.2) is 0 Å². The van der Waals surface area contributed by atoms with Gasteiger partial charge in [-0.05, 0) is 20.0 Å². The van der Waals surface area contributed by atoms with E-state index in [0.717, 1.165) is 0 Å². The molecular formula is C6H9NO. The molecule has 0 amide bonds. The van der Waals surface area contributed by atoms with Crippen molar-refractivity contribution < 1.29 is 4.79 Å². The van der Waals surface area contributed by atoms with Crippen LogP contribution in [0.15, 0.2) is 0 Å². The molecule has 0 atom stereocenters. The fourth-order valence-electron chi connectivity index (χ4n) is 0.333. The van der Waals surface area contributed by atoms with Gasteiger partial charge in [-0.3, -0.25) is 4.79 Å². The highest BCUT2D eigenvalue weighted by Crippen LogP contribution is 1.73. The standard InChI is InChI=1S/C6H9NO/c1-4-6(8)5-7(2)3/h1H,5H2,2-3H3. The zero-order valence-corrected chi connectivity index (χ0v) is 5.14. The molecule has 0 rings (SSSR count). The summed E-state index contributed by atoms with van der Waals surface area (Å²) < 4.78 is 0. The van der Waals surface area contributed by atoms with E-state index in [9.17, 15) is 4.79 Å². The van der Waals surface area contributed by atoms with E-state index >= 15 is 0 Å². The van der Waals surface area contributed by atoms with E-state index in [2.05, 4.69) is 0 Å². The Morgan fingerprint density at radius 3 is 2.38 bits per heavy atom. The highest BCUT2D eigenvalue weighted by atomic mass is 16.1. The average Bonchev–Trinajstić information content (AvgIpc) is 1.65. The second-order valence-corrected chi connectivity index (χ2v) is 1.81. The molecular weight excluding hydrogens is 102 g/mol. The van der Waals surface area contributed by atoms with Crippen LogP contribution in [0, 0.1) is 12.3 Å². The van der Waals surface area contributed by atoms with Crippen molar-refractivity contribution in [3.8, 4) is 12.3 Å². The Kier molecular flexibility index (Phi) is 2.90. The number of hydrogen-bond acceptors (Lipinski definition) is 2. The molecule has 0 N–H and O–H groups in total. The van der Waals surface area contributed by atoms with Gasteiger partial charge in [-0.15, -0.1) is 6.42 Å². The lowest BCUT2D eigenvalue weighted by atomic mass is 10.4. The first-order valence-corrected chi connectivity index (χ1v) is 2.31. The highest BCUT2D eigenvalue weighted by Gasteiger charge is 1.95. The molecule has 0 spiro atoms. The van der Waals surface area contributed by atoms with Crippen LogP contribution < -0.4 is 0 Å². The molecule has 0 bridgehead atoms. The maximum Gasteiger partial charge on any atom is 0.219 e. The second-order valence-electron chi connectivity index (χ2n) is 1.81. The Bertz CT molecular complexity index is 121. The van der Waals surface area contributed by atoms with Crippen LogP contribution in [0.1, 0.15) is 0 Å². The first-order valence-electron chi connectivity index (χ1n) is 2.31. The maximum absolute atomic E-state index is 10.3. The van der Waals surface area contributed by atoms with Gasteiger partial charge in [-0.25, -0.2) is 0 Å². The molecule has 0 aliphatic carbocycles. The predicted molar refractivity (Wildman–Crippen MR) is 32.4 cm³/mol. The Morgan fingerprint density at radius 1 is 1.75 bits per heavy atom. The molecule has 0 aromatic heterocycles. The molecule has 0 aliphatic rings. The molecule has 44 valence electrons. The van der Waals surface area contributed by atoms with Gasteiger partial charge in [0.2, 0.25) is 5.78 Å². The van der Waals surface area contributed by atoms with Crippen LogP contribution in [-0.2, 0) is 4.79 Å². The SMILES string of the molecule is C#CC(=O)CN(C)C. The molecule has 0 radical (unpaired) electrons. The number of carbonyl (C=O) groups is 1. The van der Waals surface area contributed by atoms with E-state index in [4.69, 9.17) is 6.42 Å². The molecule has 0 saturated heterocycles. The minimum atomic E-state index is -0.171. The van der Waals surface area contributed by atoms with Gasteiger partial charge in [0.1, 0.15) is 0 Å². The largest absolute Gasteiger partial charge is 0.301 e. The van der Waals surface area contributed by atoms with Crippen molar-refractivity contribution >= 4 is 5.78 Å². The number of hydrogen-bond donors (Lipinski definition) is 0. The van der Waals surface area contributed by atoms with Gasteiger partial charge in [0.25, 0.3) is 0 Å². The van der Waals surface area contributed by atoms with Gasteiger partial charge in [-0.2, -0.15) is 0 Å². The van der Waals surface area contributed by atoms with E-state index in [-0.39, 0.29) is 5.78 Å². The number of likely N-dealkylation sites (N-methyl/N-ethyl adjacent to an activating group) is 1. The summed E-state index contributed by atoms with van der Waals surface area (Å²) in [6.07, 6.45) is 4.79. The predicted octanol–water partition coefficient (Wildman–Crippen LogP) is -0.250. The van der Waals surface area contributed by atoms with Gasteiger partial charge in [-0.1, -0.05) is 0 Å². The summed E-state index contributed by atoms with van der Waals surface area (Å²) in [6, 6.07) is 0. The molecule has 0 unspecified atom stereocenters. The molecule has 0 aromatic carbocycles. The first-order chi connectivity index (χ1) is 3.66. The highest BCUT2D eigenvalue weighted by molar-refractivity contribution is 5.96. The molecule has 0 aromatic rings. The minimum absolute atomic E-state index is 0.171. The third-order valence-electron chi connectivity index (χ3n) is 0.621. The monoisotopic (exact) mass is 111 g/mol. The number of rotatable bonds is 2. The summed E-state index contributed by atoms with van der Waals surface area (Å²) >= 11 is 0. The Morgan fingerprint density at radius 2 is 2.25 bits per heavy atom. The van der Waals surface area contributed by atoms with Crippen molar-refractivity contribution in [2.75, 3.05) is 20.6 Å². The molecule has 0 fully saturated rings. The van der Waals surface area contributed by atoms with Gasteiger partial charge in [0, 0.05) is 0 Å². The third kappa shape index (κ3) is 3.38. The minimum Gasteiger partial charge on any atom is -0.301 e. The Hall–Kier alpha value is -0.810. The fraction of sp³-hybridized carbons (Fsp3) is 0.500. The zero-order chi connectivity index (χ0) is 6.57. The van der Waals surface area contributed by atoms with E-state index < -0.39 is 0 Å². The van der Waals surface area contributed by atoms with Crippen LogP contribution in [0.5, 0.6) is 0 Å². The normalized spacial score (nSPS) is 8.75. The number of Topliss-reactive ketones (excluding diaryl/α,β-unsaturated/α-hetero) is 1.